The predicted octanol–water partition coefficient (Wildman–Crippen LogP) is 3.90. The van der Waals surface area contributed by atoms with Gasteiger partial charge in [0.1, 0.15) is 0 Å². The molecule has 0 aliphatic carbocycles. The molecule has 0 aromatic heterocycles. The normalized spacial score (nSPS) is 13.3. The van der Waals surface area contributed by atoms with E-state index in [1.165, 1.54) is 5.56 Å². The van der Waals surface area contributed by atoms with Gasteiger partial charge in [-0.2, -0.15) is 0 Å². The molecule has 1 rings (SSSR count). The Hall–Kier alpha value is -1.24. The average Bonchev–Trinajstić information content (AvgIpc) is 2.17. The molecular formula is C14H21N. The molecule has 0 radical (unpaired) electrons. The Morgan fingerprint density at radius 2 is 1.73 bits per heavy atom. The van der Waals surface area contributed by atoms with Crippen molar-refractivity contribution in [2.45, 2.75) is 33.7 Å². The van der Waals surface area contributed by atoms with Crippen LogP contribution in [0, 0.1) is 5.41 Å². The van der Waals surface area contributed by atoms with Gasteiger partial charge < -0.3 is 5.32 Å². The molecule has 82 valence electrons. The van der Waals surface area contributed by atoms with Crippen LogP contribution in [0.2, 0.25) is 0 Å². The first kappa shape index (κ1) is 11.8. The van der Waals surface area contributed by atoms with Crippen LogP contribution in [0.1, 0.15) is 39.3 Å². The molecule has 0 amide bonds. The molecule has 0 saturated carbocycles. The SMILES string of the molecule is C=C(NC(C)c1ccccc1)C(C)(C)C. The Bertz CT molecular complexity index is 319. The van der Waals surface area contributed by atoms with Crippen molar-refractivity contribution in [1.82, 2.24) is 5.32 Å². The Kier molecular flexibility index (Phi) is 3.57. The highest BCUT2D eigenvalue weighted by atomic mass is 14.9. The second kappa shape index (κ2) is 4.52. The van der Waals surface area contributed by atoms with E-state index in [4.69, 9.17) is 0 Å². The Labute approximate surface area is 93.2 Å². The molecule has 0 fully saturated rings. The third-order valence-electron chi connectivity index (χ3n) is 2.60. The molecule has 0 heterocycles. The molecule has 15 heavy (non-hydrogen) atoms. The first-order valence-corrected chi connectivity index (χ1v) is 5.42. The van der Waals surface area contributed by atoms with Crippen LogP contribution in [0.4, 0.5) is 0 Å². The molecule has 1 unspecified atom stereocenters. The van der Waals surface area contributed by atoms with E-state index in [-0.39, 0.29) is 5.41 Å². The molecular weight excluding hydrogens is 182 g/mol. The summed E-state index contributed by atoms with van der Waals surface area (Å²) in [4.78, 5) is 0. The van der Waals surface area contributed by atoms with Crippen LogP contribution in [-0.4, -0.2) is 0 Å². The van der Waals surface area contributed by atoms with Crippen LogP contribution in [0.5, 0.6) is 0 Å². The zero-order valence-corrected chi connectivity index (χ0v) is 10.2. The number of hydrogen-bond donors (Lipinski definition) is 1. The van der Waals surface area contributed by atoms with E-state index >= 15 is 0 Å². The van der Waals surface area contributed by atoms with Gasteiger partial charge in [-0.1, -0.05) is 57.7 Å². The van der Waals surface area contributed by atoms with E-state index in [9.17, 15) is 0 Å². The van der Waals surface area contributed by atoms with Crippen molar-refractivity contribution in [3.05, 3.63) is 48.2 Å². The predicted molar refractivity (Wildman–Crippen MR) is 66.6 cm³/mol. The lowest BCUT2D eigenvalue weighted by molar-refractivity contribution is 0.441. The minimum absolute atomic E-state index is 0.114. The zero-order chi connectivity index (χ0) is 11.5. The first-order valence-electron chi connectivity index (χ1n) is 5.42. The quantitative estimate of drug-likeness (QED) is 0.785. The van der Waals surface area contributed by atoms with Gasteiger partial charge in [0.25, 0.3) is 0 Å². The summed E-state index contributed by atoms with van der Waals surface area (Å²) >= 11 is 0. The monoisotopic (exact) mass is 203 g/mol. The van der Waals surface area contributed by atoms with Crippen molar-refractivity contribution in [3.63, 3.8) is 0 Å². The minimum atomic E-state index is 0.114. The molecule has 0 saturated heterocycles. The third-order valence-corrected chi connectivity index (χ3v) is 2.60. The fraction of sp³-hybridized carbons (Fsp3) is 0.429. The summed E-state index contributed by atoms with van der Waals surface area (Å²) in [6, 6.07) is 10.7. The minimum Gasteiger partial charge on any atom is -0.382 e. The van der Waals surface area contributed by atoms with Gasteiger partial charge >= 0.3 is 0 Å². The second-order valence-electron chi connectivity index (χ2n) is 5.01. The van der Waals surface area contributed by atoms with Crippen molar-refractivity contribution in [2.24, 2.45) is 5.41 Å². The average molecular weight is 203 g/mol. The van der Waals surface area contributed by atoms with E-state index < -0.39 is 0 Å². The van der Waals surface area contributed by atoms with E-state index in [0.29, 0.717) is 6.04 Å². The number of rotatable bonds is 3. The van der Waals surface area contributed by atoms with Crippen molar-refractivity contribution < 1.29 is 0 Å². The second-order valence-corrected chi connectivity index (χ2v) is 5.01. The van der Waals surface area contributed by atoms with Crippen molar-refractivity contribution in [3.8, 4) is 0 Å². The van der Waals surface area contributed by atoms with Crippen LogP contribution in [0.3, 0.4) is 0 Å². The van der Waals surface area contributed by atoms with Gasteiger partial charge in [0.15, 0.2) is 0 Å². The molecule has 1 heteroatoms. The Morgan fingerprint density at radius 3 is 2.20 bits per heavy atom. The summed E-state index contributed by atoms with van der Waals surface area (Å²) in [6.45, 7) is 12.7. The smallest absolute Gasteiger partial charge is 0.0482 e. The van der Waals surface area contributed by atoms with Gasteiger partial charge in [-0.25, -0.2) is 0 Å². The summed E-state index contributed by atoms with van der Waals surface area (Å²) in [5.41, 5.74) is 2.49. The van der Waals surface area contributed by atoms with Gasteiger partial charge in [0.2, 0.25) is 0 Å². The fourth-order valence-corrected chi connectivity index (χ4v) is 1.30. The lowest BCUT2D eigenvalue weighted by Gasteiger charge is -2.27. The lowest BCUT2D eigenvalue weighted by atomic mass is 9.92. The van der Waals surface area contributed by atoms with Gasteiger partial charge in [-0.3, -0.25) is 0 Å². The van der Waals surface area contributed by atoms with Gasteiger partial charge in [-0.15, -0.1) is 0 Å². The molecule has 0 bridgehead atoms. The van der Waals surface area contributed by atoms with Crippen LogP contribution < -0.4 is 5.32 Å². The van der Waals surface area contributed by atoms with Crippen LogP contribution in [-0.2, 0) is 0 Å². The molecule has 1 aromatic rings. The van der Waals surface area contributed by atoms with E-state index in [0.717, 1.165) is 5.70 Å². The Morgan fingerprint density at radius 1 is 1.20 bits per heavy atom. The van der Waals surface area contributed by atoms with E-state index in [1.54, 1.807) is 0 Å². The van der Waals surface area contributed by atoms with Crippen molar-refractivity contribution in [2.75, 3.05) is 0 Å². The Balaban J connectivity index is 2.65. The summed E-state index contributed by atoms with van der Waals surface area (Å²) in [6.07, 6.45) is 0. The number of nitrogens with one attached hydrogen (secondary N) is 1. The standard InChI is InChI=1S/C14H21N/c1-11(13-9-7-6-8-10-13)15-12(2)14(3,4)5/h6-11,15H,2H2,1,3-5H3. The van der Waals surface area contributed by atoms with Gasteiger partial charge in [0.05, 0.1) is 0 Å². The van der Waals surface area contributed by atoms with Crippen LogP contribution in [0.25, 0.3) is 0 Å². The van der Waals surface area contributed by atoms with E-state index in [2.05, 4.69) is 63.9 Å². The highest BCUT2D eigenvalue weighted by molar-refractivity contribution is 5.20. The first-order chi connectivity index (χ1) is 6.91. The van der Waals surface area contributed by atoms with Crippen molar-refractivity contribution in [1.29, 1.82) is 0 Å². The third kappa shape index (κ3) is 3.43. The maximum absolute atomic E-state index is 4.08. The summed E-state index contributed by atoms with van der Waals surface area (Å²) < 4.78 is 0. The van der Waals surface area contributed by atoms with Crippen molar-refractivity contribution >= 4 is 0 Å². The summed E-state index contributed by atoms with van der Waals surface area (Å²) in [5.74, 6) is 0. The number of hydrogen-bond acceptors (Lipinski definition) is 1. The lowest BCUT2D eigenvalue weighted by Crippen LogP contribution is -2.26. The summed E-state index contributed by atoms with van der Waals surface area (Å²) in [5, 5.41) is 3.44. The highest BCUT2D eigenvalue weighted by Gasteiger charge is 2.16. The molecule has 1 aromatic carbocycles. The van der Waals surface area contributed by atoms with Crippen LogP contribution >= 0.6 is 0 Å². The molecule has 1 N–H and O–H groups in total. The molecule has 0 spiro atoms. The molecule has 1 atom stereocenters. The molecule has 0 aliphatic rings. The molecule has 0 aliphatic heterocycles. The highest BCUT2D eigenvalue weighted by Crippen LogP contribution is 2.24. The largest absolute Gasteiger partial charge is 0.382 e. The topological polar surface area (TPSA) is 12.0 Å². The maximum atomic E-state index is 4.08. The number of benzene rings is 1. The molecule has 1 nitrogen and oxygen atoms in total. The maximum Gasteiger partial charge on any atom is 0.0482 e. The number of allylic oxidation sites excluding steroid dienone is 1. The van der Waals surface area contributed by atoms with Crippen LogP contribution in [0.15, 0.2) is 42.6 Å². The van der Waals surface area contributed by atoms with Gasteiger partial charge in [0, 0.05) is 17.2 Å². The zero-order valence-electron chi connectivity index (χ0n) is 10.2. The van der Waals surface area contributed by atoms with E-state index in [1.807, 2.05) is 6.07 Å². The van der Waals surface area contributed by atoms with Gasteiger partial charge in [-0.05, 0) is 12.5 Å². The summed E-state index contributed by atoms with van der Waals surface area (Å²) in [7, 11) is 0. The fourth-order valence-electron chi connectivity index (χ4n) is 1.30.